The lowest BCUT2D eigenvalue weighted by Gasteiger charge is -2.24. The molecular formula is C13H17ClN6O5S. The van der Waals surface area contributed by atoms with Crippen LogP contribution in [0.15, 0.2) is 12.7 Å². The summed E-state index contributed by atoms with van der Waals surface area (Å²) in [6.07, 6.45) is 0.606. The normalized spacial score (nSPS) is 30.8. The largest absolute Gasteiger partial charge is 0.348 e. The van der Waals surface area contributed by atoms with Crippen LogP contribution in [-0.4, -0.2) is 58.6 Å². The van der Waals surface area contributed by atoms with Crippen molar-refractivity contribution in [3.8, 4) is 0 Å². The summed E-state index contributed by atoms with van der Waals surface area (Å²) >= 11 is 6.05. The van der Waals surface area contributed by atoms with Crippen molar-refractivity contribution >= 4 is 33.0 Å². The van der Waals surface area contributed by atoms with E-state index in [1.165, 1.54) is 12.7 Å². The summed E-state index contributed by atoms with van der Waals surface area (Å²) in [7, 11) is -3.86. The molecule has 0 aromatic carbocycles. The second-order valence-electron chi connectivity index (χ2n) is 6.51. The molecule has 0 radical (unpaired) electrons. The summed E-state index contributed by atoms with van der Waals surface area (Å²) in [6, 6.07) is 0. The predicted octanol–water partition coefficient (Wildman–Crippen LogP) is -0.310. The van der Waals surface area contributed by atoms with E-state index in [0.717, 1.165) is 0 Å². The maximum atomic E-state index is 11.2. The van der Waals surface area contributed by atoms with Gasteiger partial charge in [0.15, 0.2) is 22.8 Å². The highest BCUT2D eigenvalue weighted by atomic mass is 35.5. The average Bonchev–Trinajstić information content (AvgIpc) is 3.16. The molecule has 2 unspecified atom stereocenters. The van der Waals surface area contributed by atoms with E-state index in [1.807, 2.05) is 0 Å². The Balaban J connectivity index is 1.68. The first kappa shape index (κ1) is 18.0. The number of halogens is 1. The van der Waals surface area contributed by atoms with E-state index >= 15 is 0 Å². The number of rotatable bonds is 4. The third-order valence-corrected chi connectivity index (χ3v) is 5.04. The van der Waals surface area contributed by atoms with E-state index in [2.05, 4.69) is 19.7 Å². The van der Waals surface area contributed by atoms with Crippen LogP contribution < -0.4 is 9.86 Å². The van der Waals surface area contributed by atoms with E-state index in [-0.39, 0.29) is 11.7 Å². The SMILES string of the molecule is CC1(C)OC2C(CNS(N)(=O)=O)O[C@@H](n3cnc4c(Cl)ncnc43)[C@@H]2O1. The molecule has 2 aromatic heterocycles. The number of nitrogens with zero attached hydrogens (tertiary/aromatic N) is 4. The highest BCUT2D eigenvalue weighted by Crippen LogP contribution is 2.43. The van der Waals surface area contributed by atoms with E-state index in [0.29, 0.717) is 11.2 Å². The van der Waals surface area contributed by atoms with Gasteiger partial charge in [-0.05, 0) is 13.8 Å². The molecule has 0 saturated carbocycles. The van der Waals surface area contributed by atoms with Crippen LogP contribution >= 0.6 is 11.6 Å². The average molecular weight is 405 g/mol. The number of hydrogen-bond acceptors (Lipinski definition) is 8. The molecule has 26 heavy (non-hydrogen) atoms. The summed E-state index contributed by atoms with van der Waals surface area (Å²) in [5.74, 6) is -0.847. The first-order valence-electron chi connectivity index (χ1n) is 7.76. The van der Waals surface area contributed by atoms with Crippen molar-refractivity contribution in [2.24, 2.45) is 5.14 Å². The molecule has 0 spiro atoms. The Morgan fingerprint density at radius 1 is 1.31 bits per heavy atom. The number of hydrogen-bond donors (Lipinski definition) is 2. The van der Waals surface area contributed by atoms with Crippen LogP contribution in [0.2, 0.25) is 5.15 Å². The first-order chi connectivity index (χ1) is 12.1. The number of imidazole rings is 1. The Hall–Kier alpha value is -1.41. The lowest BCUT2D eigenvalue weighted by Crippen LogP contribution is -2.42. The van der Waals surface area contributed by atoms with Crippen molar-refractivity contribution in [3.05, 3.63) is 17.8 Å². The molecule has 4 heterocycles. The van der Waals surface area contributed by atoms with Gasteiger partial charge >= 0.3 is 0 Å². The third kappa shape index (κ3) is 3.17. The summed E-state index contributed by atoms with van der Waals surface area (Å²) in [6.45, 7) is 3.49. The van der Waals surface area contributed by atoms with E-state index in [9.17, 15) is 8.42 Å². The van der Waals surface area contributed by atoms with Crippen molar-refractivity contribution in [1.29, 1.82) is 0 Å². The topological polar surface area (TPSA) is 143 Å². The van der Waals surface area contributed by atoms with Gasteiger partial charge in [-0.1, -0.05) is 11.6 Å². The smallest absolute Gasteiger partial charge is 0.274 e. The highest BCUT2D eigenvalue weighted by Gasteiger charge is 2.56. The Morgan fingerprint density at radius 3 is 2.77 bits per heavy atom. The van der Waals surface area contributed by atoms with E-state index in [4.69, 9.17) is 31.0 Å². The van der Waals surface area contributed by atoms with Crippen LogP contribution in [0.1, 0.15) is 20.1 Å². The highest BCUT2D eigenvalue weighted by molar-refractivity contribution is 7.87. The fourth-order valence-corrected chi connectivity index (χ4v) is 3.83. The molecule has 4 rings (SSSR count). The van der Waals surface area contributed by atoms with E-state index < -0.39 is 40.5 Å². The molecule has 0 amide bonds. The molecule has 3 N–H and O–H groups in total. The standard InChI is InChI=1S/C13H17ClN6O5S/c1-13(2)24-8-6(3-19-26(15,21)22)23-12(9(8)25-13)20-5-18-7-10(14)16-4-17-11(7)20/h4-6,8-9,12,19H,3H2,1-2H3,(H2,15,21,22)/t6?,8?,9-,12-/m1/s1. The Labute approximate surface area is 154 Å². The minimum absolute atomic E-state index is 0.0572. The zero-order valence-electron chi connectivity index (χ0n) is 13.9. The molecule has 13 heteroatoms. The fraction of sp³-hybridized carbons (Fsp3) is 0.615. The molecule has 2 saturated heterocycles. The van der Waals surface area contributed by atoms with Gasteiger partial charge in [0, 0.05) is 6.54 Å². The summed E-state index contributed by atoms with van der Waals surface area (Å²) in [5, 5.41) is 5.23. The molecule has 142 valence electrons. The molecule has 0 bridgehead atoms. The molecule has 11 nitrogen and oxygen atoms in total. The number of nitrogens with two attached hydrogens (primary N) is 1. The van der Waals surface area contributed by atoms with Crippen LogP contribution in [0.4, 0.5) is 0 Å². The van der Waals surface area contributed by atoms with Gasteiger partial charge in [0.2, 0.25) is 0 Å². The quantitative estimate of drug-likeness (QED) is 0.660. The minimum atomic E-state index is -3.86. The van der Waals surface area contributed by atoms with Crippen molar-refractivity contribution in [1.82, 2.24) is 24.2 Å². The lowest BCUT2D eigenvalue weighted by atomic mass is 10.1. The third-order valence-electron chi connectivity index (χ3n) is 4.20. The lowest BCUT2D eigenvalue weighted by molar-refractivity contribution is -0.195. The van der Waals surface area contributed by atoms with Crippen LogP contribution in [0, 0.1) is 0 Å². The molecular weight excluding hydrogens is 388 g/mol. The number of ether oxygens (including phenoxy) is 3. The fourth-order valence-electron chi connectivity index (χ4n) is 3.26. The second kappa shape index (κ2) is 6.05. The maximum absolute atomic E-state index is 11.2. The predicted molar refractivity (Wildman–Crippen MR) is 89.2 cm³/mol. The van der Waals surface area contributed by atoms with Gasteiger partial charge in [-0.15, -0.1) is 0 Å². The summed E-state index contributed by atoms with van der Waals surface area (Å²) in [4.78, 5) is 12.3. The van der Waals surface area contributed by atoms with Gasteiger partial charge in [-0.25, -0.2) is 20.1 Å². The van der Waals surface area contributed by atoms with Crippen molar-refractivity contribution in [2.75, 3.05) is 6.54 Å². The molecule has 2 aliphatic rings. The van der Waals surface area contributed by atoms with Gasteiger partial charge in [-0.3, -0.25) is 4.57 Å². The Kier molecular flexibility index (Phi) is 4.19. The van der Waals surface area contributed by atoms with Gasteiger partial charge in [0.1, 0.15) is 30.2 Å². The molecule has 0 aliphatic carbocycles. The van der Waals surface area contributed by atoms with Crippen molar-refractivity contribution < 1.29 is 22.6 Å². The first-order valence-corrected chi connectivity index (χ1v) is 9.68. The molecule has 4 atom stereocenters. The maximum Gasteiger partial charge on any atom is 0.274 e. The Bertz CT molecular complexity index is 950. The van der Waals surface area contributed by atoms with Crippen LogP contribution in [0.5, 0.6) is 0 Å². The van der Waals surface area contributed by atoms with Gasteiger partial charge in [0.05, 0.1) is 6.33 Å². The van der Waals surface area contributed by atoms with Crippen molar-refractivity contribution in [3.63, 3.8) is 0 Å². The molecule has 2 fully saturated rings. The molecule has 2 aromatic rings. The number of nitrogens with one attached hydrogen (secondary N) is 1. The number of fused-ring (bicyclic) bond motifs is 2. The zero-order chi connectivity index (χ0) is 18.7. The van der Waals surface area contributed by atoms with Crippen LogP contribution in [-0.2, 0) is 24.4 Å². The van der Waals surface area contributed by atoms with Crippen LogP contribution in [0.25, 0.3) is 11.2 Å². The van der Waals surface area contributed by atoms with E-state index in [1.54, 1.807) is 18.4 Å². The molecule has 2 aliphatic heterocycles. The summed E-state index contributed by atoms with van der Waals surface area (Å²) < 4.78 is 44.2. The van der Waals surface area contributed by atoms with Gasteiger partial charge in [0.25, 0.3) is 10.2 Å². The van der Waals surface area contributed by atoms with Crippen LogP contribution in [0.3, 0.4) is 0 Å². The second-order valence-corrected chi connectivity index (χ2v) is 8.25. The zero-order valence-corrected chi connectivity index (χ0v) is 15.4. The summed E-state index contributed by atoms with van der Waals surface area (Å²) in [5.41, 5.74) is 0.903. The van der Waals surface area contributed by atoms with Crippen molar-refractivity contribution in [2.45, 2.75) is 44.2 Å². The number of aromatic nitrogens is 4. The Morgan fingerprint density at radius 2 is 2.04 bits per heavy atom. The minimum Gasteiger partial charge on any atom is -0.348 e. The monoisotopic (exact) mass is 404 g/mol. The van der Waals surface area contributed by atoms with Gasteiger partial charge < -0.3 is 14.2 Å². The van der Waals surface area contributed by atoms with Gasteiger partial charge in [-0.2, -0.15) is 13.1 Å².